The number of aryl methyl sites for hydroxylation is 1. The van der Waals surface area contributed by atoms with Crippen LogP contribution in [0.3, 0.4) is 0 Å². The molecule has 2 rings (SSSR count). The third kappa shape index (κ3) is 13.9. The van der Waals surface area contributed by atoms with Gasteiger partial charge in [0.15, 0.2) is 0 Å². The first-order chi connectivity index (χ1) is 23.3. The van der Waals surface area contributed by atoms with Crippen LogP contribution in [0.1, 0.15) is 35.8 Å². The van der Waals surface area contributed by atoms with E-state index < -0.39 is 17.9 Å². The van der Waals surface area contributed by atoms with Crippen molar-refractivity contribution in [2.45, 2.75) is 33.6 Å². The summed E-state index contributed by atoms with van der Waals surface area (Å²) in [6, 6.07) is 8.04. The summed E-state index contributed by atoms with van der Waals surface area (Å²) < 4.78 is 32.0. The van der Waals surface area contributed by atoms with Crippen LogP contribution in [-0.2, 0) is 38.0 Å². The molecular formula is C34H45N5O8S. The average Bonchev–Trinajstić information content (AvgIpc) is 3.40. The summed E-state index contributed by atoms with van der Waals surface area (Å²) in [6.07, 6.45) is 1.84. The molecule has 1 aromatic carbocycles. The van der Waals surface area contributed by atoms with Gasteiger partial charge < -0.3 is 33.3 Å². The number of allylic oxidation sites excluding steroid dienone is 1. The van der Waals surface area contributed by atoms with Gasteiger partial charge in [0.1, 0.15) is 17.7 Å². The van der Waals surface area contributed by atoms with Crippen LogP contribution in [0.4, 0.5) is 22.1 Å². The molecule has 0 aliphatic heterocycles. The highest BCUT2D eigenvalue weighted by Gasteiger charge is 2.22. The van der Waals surface area contributed by atoms with Gasteiger partial charge in [-0.15, -0.1) is 17.9 Å². The fourth-order valence-electron chi connectivity index (χ4n) is 4.36. The first kappa shape index (κ1) is 40.0. The average molecular weight is 684 g/mol. The summed E-state index contributed by atoms with van der Waals surface area (Å²) in [5, 5.41) is 18.3. The van der Waals surface area contributed by atoms with E-state index in [1.165, 1.54) is 18.4 Å². The summed E-state index contributed by atoms with van der Waals surface area (Å²) in [4.78, 5) is 29.7. The van der Waals surface area contributed by atoms with Gasteiger partial charge in [-0.1, -0.05) is 6.08 Å². The third-order valence-corrected chi connectivity index (χ3v) is 8.07. The highest BCUT2D eigenvalue weighted by molar-refractivity contribution is 7.17. The molecule has 0 aliphatic rings. The van der Waals surface area contributed by atoms with Crippen molar-refractivity contribution in [3.63, 3.8) is 0 Å². The minimum absolute atomic E-state index is 0.0642. The molecular weight excluding hydrogens is 638 g/mol. The lowest BCUT2D eigenvalue weighted by Gasteiger charge is -2.23. The molecule has 0 radical (unpaired) electrons. The Kier molecular flexibility index (Phi) is 19.3. The summed E-state index contributed by atoms with van der Waals surface area (Å²) in [6.45, 7) is 21.7. The SMILES string of the molecule is [C-]#[N+]c1c(N=Nc2ccc(N(CC)CCOCCOCCOCCOCCOC(=O)CC(CC=C)C(=O)OC)cc2C)sc(C#N)c1C. The van der Waals surface area contributed by atoms with Crippen molar-refractivity contribution in [3.8, 4) is 6.07 Å². The Bertz CT molecular complexity index is 1430. The van der Waals surface area contributed by atoms with Crippen LogP contribution in [0.25, 0.3) is 4.85 Å². The highest BCUT2D eigenvalue weighted by Crippen LogP contribution is 2.42. The smallest absolute Gasteiger partial charge is 0.309 e. The van der Waals surface area contributed by atoms with Crippen LogP contribution in [0, 0.1) is 37.7 Å². The van der Waals surface area contributed by atoms with Gasteiger partial charge in [0.05, 0.1) is 89.4 Å². The molecule has 13 nitrogen and oxygen atoms in total. The van der Waals surface area contributed by atoms with E-state index in [0.717, 1.165) is 17.8 Å². The predicted octanol–water partition coefficient (Wildman–Crippen LogP) is 6.39. The minimum Gasteiger partial charge on any atom is -0.469 e. The number of carbonyl (C=O) groups is 2. The van der Waals surface area contributed by atoms with Gasteiger partial charge in [-0.25, -0.2) is 4.85 Å². The zero-order valence-corrected chi connectivity index (χ0v) is 29.0. The summed E-state index contributed by atoms with van der Waals surface area (Å²) in [5.41, 5.74) is 3.71. The minimum atomic E-state index is -0.592. The second-order valence-corrected chi connectivity index (χ2v) is 11.3. The number of hydrogen-bond donors (Lipinski definition) is 0. The van der Waals surface area contributed by atoms with Crippen LogP contribution in [-0.4, -0.2) is 91.6 Å². The molecule has 1 aromatic heterocycles. The largest absolute Gasteiger partial charge is 0.469 e. The summed E-state index contributed by atoms with van der Waals surface area (Å²) in [5.74, 6) is -1.55. The molecule has 0 fully saturated rings. The van der Waals surface area contributed by atoms with Crippen molar-refractivity contribution < 1.29 is 38.0 Å². The number of hydrogen-bond acceptors (Lipinski definition) is 13. The monoisotopic (exact) mass is 683 g/mol. The standard InChI is InChI=1S/C34H45N5O8S/c1-7-9-27(34(41)42-6)23-31(40)47-21-20-46-19-18-45-17-16-44-15-14-43-13-12-39(8-2)28-10-11-29(25(3)22-28)37-38-33-32(36-5)26(4)30(24-35)48-33/h7,10-11,22,27H,1,8-9,12-21,23H2,2-4,6H3. The number of azo groups is 1. The van der Waals surface area contributed by atoms with Gasteiger partial charge >= 0.3 is 11.9 Å². The number of thiophene rings is 1. The molecule has 0 spiro atoms. The number of nitrogens with zero attached hydrogens (tertiary/aromatic N) is 5. The quantitative estimate of drug-likeness (QED) is 0.0401. The Balaban J connectivity index is 1.54. The van der Waals surface area contributed by atoms with Gasteiger partial charge in [-0.2, -0.15) is 15.5 Å². The number of anilines is 1. The van der Waals surface area contributed by atoms with Crippen molar-refractivity contribution in [2.24, 2.45) is 16.1 Å². The van der Waals surface area contributed by atoms with Crippen LogP contribution in [0.2, 0.25) is 0 Å². The van der Waals surface area contributed by atoms with Crippen molar-refractivity contribution in [1.29, 1.82) is 5.26 Å². The van der Waals surface area contributed by atoms with Crippen LogP contribution >= 0.6 is 11.3 Å². The Labute approximate surface area is 286 Å². The molecule has 0 aliphatic carbocycles. The van der Waals surface area contributed by atoms with E-state index in [0.29, 0.717) is 86.0 Å². The zero-order valence-electron chi connectivity index (χ0n) is 28.2. The van der Waals surface area contributed by atoms with Crippen molar-refractivity contribution in [2.75, 3.05) is 84.6 Å². The number of likely N-dealkylation sites (N-methyl/N-ethyl adjacent to an activating group) is 1. The normalized spacial score (nSPS) is 11.5. The first-order valence-electron chi connectivity index (χ1n) is 15.6. The number of nitriles is 1. The molecule has 0 saturated carbocycles. The second kappa shape index (κ2) is 23.2. The van der Waals surface area contributed by atoms with Crippen LogP contribution in [0.5, 0.6) is 0 Å². The van der Waals surface area contributed by atoms with E-state index in [-0.39, 0.29) is 19.6 Å². The lowest BCUT2D eigenvalue weighted by Crippen LogP contribution is -2.27. The van der Waals surface area contributed by atoms with E-state index in [4.69, 9.17) is 30.3 Å². The van der Waals surface area contributed by atoms with E-state index in [2.05, 4.69) is 44.3 Å². The fourth-order valence-corrected chi connectivity index (χ4v) is 5.22. The Hall–Kier alpha value is -4.18. The Morgan fingerprint density at radius 1 is 1.04 bits per heavy atom. The highest BCUT2D eigenvalue weighted by atomic mass is 32.1. The van der Waals surface area contributed by atoms with E-state index in [9.17, 15) is 14.9 Å². The molecule has 0 amide bonds. The van der Waals surface area contributed by atoms with Gasteiger partial charge in [-0.05, 0) is 56.5 Å². The van der Waals surface area contributed by atoms with Crippen LogP contribution < -0.4 is 4.90 Å². The van der Waals surface area contributed by atoms with E-state index in [1.807, 2.05) is 25.1 Å². The predicted molar refractivity (Wildman–Crippen MR) is 182 cm³/mol. The molecule has 1 atom stereocenters. The number of carbonyl (C=O) groups excluding carboxylic acids is 2. The number of methoxy groups -OCH3 is 1. The Morgan fingerprint density at radius 2 is 1.67 bits per heavy atom. The number of rotatable bonds is 24. The number of benzene rings is 1. The first-order valence-corrected chi connectivity index (χ1v) is 16.4. The Morgan fingerprint density at radius 3 is 2.21 bits per heavy atom. The molecule has 2 aromatic rings. The maximum absolute atomic E-state index is 11.9. The fraction of sp³-hybridized carbons (Fsp3) is 0.529. The van der Waals surface area contributed by atoms with Crippen molar-refractivity contribution in [1.82, 2.24) is 0 Å². The van der Waals surface area contributed by atoms with Crippen molar-refractivity contribution >= 4 is 45.3 Å². The van der Waals surface area contributed by atoms with Gasteiger partial charge in [-0.3, -0.25) is 9.59 Å². The topological polar surface area (TPSA) is 146 Å². The van der Waals surface area contributed by atoms with E-state index >= 15 is 0 Å². The van der Waals surface area contributed by atoms with E-state index in [1.54, 1.807) is 13.0 Å². The van der Waals surface area contributed by atoms with Gasteiger partial charge in [0, 0.05) is 18.8 Å². The maximum Gasteiger partial charge on any atom is 0.309 e. The maximum atomic E-state index is 11.9. The lowest BCUT2D eigenvalue weighted by atomic mass is 10.0. The van der Waals surface area contributed by atoms with Gasteiger partial charge in [0.2, 0.25) is 5.69 Å². The molecule has 260 valence electrons. The second-order valence-electron chi connectivity index (χ2n) is 10.3. The molecule has 14 heteroatoms. The molecule has 1 heterocycles. The molecule has 0 N–H and O–H groups in total. The molecule has 0 saturated heterocycles. The van der Waals surface area contributed by atoms with Crippen LogP contribution in [0.15, 0.2) is 41.1 Å². The summed E-state index contributed by atoms with van der Waals surface area (Å²) >= 11 is 1.17. The lowest BCUT2D eigenvalue weighted by molar-refractivity contribution is -0.154. The number of ether oxygens (including phenoxy) is 6. The molecule has 1 unspecified atom stereocenters. The number of esters is 2. The summed E-state index contributed by atoms with van der Waals surface area (Å²) in [7, 11) is 1.28. The van der Waals surface area contributed by atoms with Gasteiger partial charge in [0.25, 0.3) is 0 Å². The third-order valence-electron chi connectivity index (χ3n) is 7.00. The molecule has 0 bridgehead atoms. The zero-order chi connectivity index (χ0) is 35.1. The van der Waals surface area contributed by atoms with Crippen molar-refractivity contribution in [3.05, 3.63) is 58.3 Å². The molecule has 48 heavy (non-hydrogen) atoms.